The molecule has 0 aliphatic carbocycles. The van der Waals surface area contributed by atoms with Crippen LogP contribution in [0.15, 0.2) is 45.3 Å². The van der Waals surface area contributed by atoms with Gasteiger partial charge in [-0.15, -0.1) is 21.5 Å². The molecule has 0 spiro atoms. The minimum Gasteiger partial charge on any atom is -0.366 e. The topological polar surface area (TPSA) is 129 Å². The fourth-order valence-corrected chi connectivity index (χ4v) is 4.02. The Morgan fingerprint density at radius 3 is 2.77 bits per heavy atom. The highest BCUT2D eigenvalue weighted by Crippen LogP contribution is 2.28. The van der Waals surface area contributed by atoms with Crippen LogP contribution in [0.25, 0.3) is 11.4 Å². The van der Waals surface area contributed by atoms with Gasteiger partial charge in [0, 0.05) is 10.0 Å². The number of benzene rings is 1. The molecule has 8 nitrogen and oxygen atoms in total. The van der Waals surface area contributed by atoms with E-state index < -0.39 is 5.91 Å². The van der Waals surface area contributed by atoms with Gasteiger partial charge in [-0.1, -0.05) is 39.8 Å². The average Bonchev–Trinajstić information content (AvgIpc) is 3.20. The maximum Gasteiger partial charge on any atom is 0.251 e. The number of hydrogen-bond acceptors (Lipinski definition) is 7. The van der Waals surface area contributed by atoms with E-state index >= 15 is 0 Å². The number of hydrogen-bond donors (Lipinski definition) is 3. The Bertz CT molecular complexity index is 971. The smallest absolute Gasteiger partial charge is 0.251 e. The van der Waals surface area contributed by atoms with Gasteiger partial charge in [0.25, 0.3) is 5.91 Å². The first-order valence-electron chi connectivity index (χ1n) is 7.22. The first kappa shape index (κ1) is 18.4. The van der Waals surface area contributed by atoms with E-state index in [9.17, 15) is 9.59 Å². The van der Waals surface area contributed by atoms with Crippen LogP contribution in [0.4, 0.5) is 5.00 Å². The minimum absolute atomic E-state index is 0.0569. The fraction of sp³-hybridized carbons (Fsp3) is 0.0667. The third-order valence-electron chi connectivity index (χ3n) is 3.30. The van der Waals surface area contributed by atoms with Gasteiger partial charge in [-0.05, 0) is 23.6 Å². The van der Waals surface area contributed by atoms with Crippen LogP contribution in [-0.4, -0.2) is 32.4 Å². The molecule has 134 valence electrons. The summed E-state index contributed by atoms with van der Waals surface area (Å²) in [5, 5.41) is 13.3. The molecule has 26 heavy (non-hydrogen) atoms. The number of thioether (sulfide) groups is 1. The molecule has 0 bridgehead atoms. The Morgan fingerprint density at radius 2 is 2.04 bits per heavy atom. The molecule has 0 fully saturated rings. The van der Waals surface area contributed by atoms with Crippen molar-refractivity contribution in [3.8, 4) is 11.4 Å². The molecule has 3 aromatic rings. The Hall–Kier alpha value is -2.37. The normalized spacial score (nSPS) is 10.7. The molecule has 0 atom stereocenters. The molecule has 0 radical (unpaired) electrons. The van der Waals surface area contributed by atoms with Crippen LogP contribution in [0.5, 0.6) is 0 Å². The van der Waals surface area contributed by atoms with Crippen molar-refractivity contribution in [3.63, 3.8) is 0 Å². The molecule has 3 rings (SSSR count). The summed E-state index contributed by atoms with van der Waals surface area (Å²) in [4.78, 5) is 23.4. The standard InChI is InChI=1S/C15H13BrN6O2S2/c16-10-4-2-1-3-8(10)13-20-21-15(22(13)18)26-7-11(23)19-14-9(12(17)24)5-6-25-14/h1-6H,7,18H2,(H2,17,24)(H,19,23). The molecular formula is C15H13BrN6O2S2. The maximum atomic E-state index is 12.1. The van der Waals surface area contributed by atoms with Crippen molar-refractivity contribution in [1.82, 2.24) is 14.9 Å². The zero-order valence-electron chi connectivity index (χ0n) is 13.2. The number of carbonyl (C=O) groups is 2. The highest BCUT2D eigenvalue weighted by molar-refractivity contribution is 9.10. The van der Waals surface area contributed by atoms with Gasteiger partial charge >= 0.3 is 0 Å². The summed E-state index contributed by atoms with van der Waals surface area (Å²) < 4.78 is 2.17. The lowest BCUT2D eigenvalue weighted by atomic mass is 10.2. The van der Waals surface area contributed by atoms with Crippen LogP contribution in [-0.2, 0) is 4.79 Å². The lowest BCUT2D eigenvalue weighted by molar-refractivity contribution is -0.113. The van der Waals surface area contributed by atoms with Crippen molar-refractivity contribution >= 4 is 55.8 Å². The number of nitrogens with zero attached hydrogens (tertiary/aromatic N) is 3. The zero-order valence-corrected chi connectivity index (χ0v) is 16.4. The monoisotopic (exact) mass is 452 g/mol. The lowest BCUT2D eigenvalue weighted by Crippen LogP contribution is -2.18. The largest absolute Gasteiger partial charge is 0.366 e. The van der Waals surface area contributed by atoms with E-state index in [1.807, 2.05) is 24.3 Å². The van der Waals surface area contributed by atoms with Crippen molar-refractivity contribution in [2.45, 2.75) is 5.16 Å². The second-order valence-electron chi connectivity index (χ2n) is 5.02. The predicted octanol–water partition coefficient (Wildman–Crippen LogP) is 2.31. The molecule has 2 aromatic heterocycles. The van der Waals surface area contributed by atoms with E-state index in [1.54, 1.807) is 11.4 Å². The molecule has 0 unspecified atom stereocenters. The van der Waals surface area contributed by atoms with Crippen LogP contribution >= 0.6 is 39.0 Å². The number of aromatic nitrogens is 3. The van der Waals surface area contributed by atoms with E-state index in [-0.39, 0.29) is 17.2 Å². The van der Waals surface area contributed by atoms with E-state index in [1.165, 1.54) is 16.0 Å². The third kappa shape index (κ3) is 3.89. The number of rotatable bonds is 6. The van der Waals surface area contributed by atoms with Gasteiger partial charge in [0.15, 0.2) is 5.82 Å². The second kappa shape index (κ2) is 7.89. The van der Waals surface area contributed by atoms with Crippen LogP contribution in [0.1, 0.15) is 10.4 Å². The maximum absolute atomic E-state index is 12.1. The van der Waals surface area contributed by atoms with Crippen molar-refractivity contribution in [2.24, 2.45) is 5.73 Å². The number of thiophene rings is 1. The predicted molar refractivity (Wildman–Crippen MR) is 105 cm³/mol. The summed E-state index contributed by atoms with van der Waals surface area (Å²) in [5.74, 6) is 5.70. The molecule has 2 heterocycles. The van der Waals surface area contributed by atoms with Gasteiger partial charge in [0.2, 0.25) is 11.1 Å². The molecule has 5 N–H and O–H groups in total. The van der Waals surface area contributed by atoms with Crippen LogP contribution < -0.4 is 16.9 Å². The summed E-state index contributed by atoms with van der Waals surface area (Å²) in [7, 11) is 0. The Kier molecular flexibility index (Phi) is 5.59. The lowest BCUT2D eigenvalue weighted by Gasteiger charge is -2.06. The highest BCUT2D eigenvalue weighted by atomic mass is 79.9. The fourth-order valence-electron chi connectivity index (χ4n) is 2.09. The van der Waals surface area contributed by atoms with E-state index in [0.717, 1.165) is 21.8 Å². The van der Waals surface area contributed by atoms with Crippen LogP contribution in [0.2, 0.25) is 0 Å². The quantitative estimate of drug-likeness (QED) is 0.388. The number of nitrogens with two attached hydrogens (primary N) is 2. The Morgan fingerprint density at radius 1 is 1.27 bits per heavy atom. The third-order valence-corrected chi connectivity index (χ3v) is 5.76. The number of nitrogen functional groups attached to an aromatic ring is 1. The summed E-state index contributed by atoms with van der Waals surface area (Å²) in [6.45, 7) is 0. The molecule has 0 aliphatic rings. The van der Waals surface area contributed by atoms with Gasteiger partial charge in [-0.3, -0.25) is 9.59 Å². The van der Waals surface area contributed by atoms with E-state index in [0.29, 0.717) is 16.0 Å². The number of halogens is 1. The number of primary amides is 1. The molecule has 11 heteroatoms. The Labute approximate surface area is 165 Å². The van der Waals surface area contributed by atoms with Gasteiger partial charge in [-0.25, -0.2) is 4.68 Å². The van der Waals surface area contributed by atoms with Gasteiger partial charge < -0.3 is 16.9 Å². The van der Waals surface area contributed by atoms with Crippen LogP contribution in [0, 0.1) is 0 Å². The number of carbonyl (C=O) groups excluding carboxylic acids is 2. The van der Waals surface area contributed by atoms with Crippen molar-refractivity contribution in [1.29, 1.82) is 0 Å². The SMILES string of the molecule is NC(=O)c1ccsc1NC(=O)CSc1nnc(-c2ccccc2Br)n1N. The summed E-state index contributed by atoms with van der Waals surface area (Å²) >= 11 is 5.81. The minimum atomic E-state index is -0.589. The summed E-state index contributed by atoms with van der Waals surface area (Å²) in [6.07, 6.45) is 0. The molecular weight excluding hydrogens is 440 g/mol. The van der Waals surface area contributed by atoms with Gasteiger partial charge in [0.1, 0.15) is 5.00 Å². The van der Waals surface area contributed by atoms with Crippen LogP contribution in [0.3, 0.4) is 0 Å². The second-order valence-corrected chi connectivity index (χ2v) is 7.73. The zero-order chi connectivity index (χ0) is 18.7. The number of amides is 2. The average molecular weight is 453 g/mol. The summed E-state index contributed by atoms with van der Waals surface area (Å²) in [6, 6.07) is 9.06. The first-order valence-corrected chi connectivity index (χ1v) is 9.88. The van der Waals surface area contributed by atoms with E-state index in [4.69, 9.17) is 11.6 Å². The number of nitrogens with one attached hydrogen (secondary N) is 1. The molecule has 0 saturated carbocycles. The van der Waals surface area contributed by atoms with E-state index in [2.05, 4.69) is 31.4 Å². The van der Waals surface area contributed by atoms with Crippen molar-refractivity contribution in [3.05, 3.63) is 45.7 Å². The summed E-state index contributed by atoms with van der Waals surface area (Å²) in [5.41, 5.74) is 6.34. The molecule has 2 amide bonds. The van der Waals surface area contributed by atoms with Gasteiger partial charge in [0.05, 0.1) is 11.3 Å². The molecule has 1 aromatic carbocycles. The Balaban J connectivity index is 1.67. The molecule has 0 aliphatic heterocycles. The first-order chi connectivity index (χ1) is 12.5. The molecule has 0 saturated heterocycles. The van der Waals surface area contributed by atoms with Crippen molar-refractivity contribution in [2.75, 3.05) is 16.9 Å². The number of anilines is 1. The highest BCUT2D eigenvalue weighted by Gasteiger charge is 2.17. The van der Waals surface area contributed by atoms with Crippen molar-refractivity contribution < 1.29 is 9.59 Å². The van der Waals surface area contributed by atoms with Gasteiger partial charge in [-0.2, -0.15) is 0 Å².